The normalized spacial score (nSPS) is 17.3. The van der Waals surface area contributed by atoms with Gasteiger partial charge in [0.05, 0.1) is 0 Å². The summed E-state index contributed by atoms with van der Waals surface area (Å²) in [5, 5.41) is 3.51. The van der Waals surface area contributed by atoms with E-state index < -0.39 is 0 Å². The van der Waals surface area contributed by atoms with Gasteiger partial charge in [0.15, 0.2) is 0 Å². The molecule has 2 nitrogen and oxygen atoms in total. The first-order valence-corrected chi connectivity index (χ1v) is 6.55. The molecule has 0 aromatic heterocycles. The van der Waals surface area contributed by atoms with Crippen molar-refractivity contribution in [2.24, 2.45) is 11.1 Å². The maximum absolute atomic E-state index is 5.65. The lowest BCUT2D eigenvalue weighted by molar-refractivity contribution is 0.180. The first-order valence-electron chi connectivity index (χ1n) is 6.15. The van der Waals surface area contributed by atoms with Crippen molar-refractivity contribution in [2.75, 3.05) is 11.9 Å². The summed E-state index contributed by atoms with van der Waals surface area (Å²) in [5.74, 6) is 0. The Balaban J connectivity index is 2.02. The fourth-order valence-corrected chi connectivity index (χ4v) is 2.55. The Morgan fingerprint density at radius 3 is 2.65 bits per heavy atom. The monoisotopic (exact) mass is 248 g/mol. The fourth-order valence-electron chi connectivity index (χ4n) is 2.32. The number of nitrogens with two attached hydrogens (primary N) is 1. The molecule has 0 amide bonds. The third-order valence-electron chi connectivity index (χ3n) is 3.77. The van der Waals surface area contributed by atoms with Gasteiger partial charge in [0.2, 0.25) is 0 Å². The lowest BCUT2D eigenvalue weighted by atomic mass is 9.70. The van der Waals surface area contributed by atoms with Crippen LogP contribution in [0.3, 0.4) is 0 Å². The van der Waals surface area contributed by atoms with E-state index in [4.69, 9.17) is 18.0 Å². The van der Waals surface area contributed by atoms with E-state index in [1.54, 1.807) is 0 Å². The minimum atomic E-state index is 0.472. The van der Waals surface area contributed by atoms with Crippen LogP contribution in [0, 0.1) is 12.3 Å². The molecule has 0 aliphatic heterocycles. The molecule has 92 valence electrons. The van der Waals surface area contributed by atoms with Crippen LogP contribution in [0.5, 0.6) is 0 Å². The molecule has 0 heterocycles. The number of benzene rings is 1. The van der Waals surface area contributed by atoms with Crippen molar-refractivity contribution in [2.45, 2.75) is 33.1 Å². The van der Waals surface area contributed by atoms with Crippen LogP contribution in [0.1, 0.15) is 37.3 Å². The maximum atomic E-state index is 5.65. The van der Waals surface area contributed by atoms with Crippen LogP contribution in [0.15, 0.2) is 18.2 Å². The summed E-state index contributed by atoms with van der Waals surface area (Å²) in [6, 6.07) is 6.18. The number of rotatable bonds is 4. The molecule has 1 fully saturated rings. The van der Waals surface area contributed by atoms with E-state index in [-0.39, 0.29) is 0 Å². The standard InChI is InChI=1S/C14H20N2S/c1-10-8-11(4-5-12(10)13(15)17)16-9-14(2)6-3-7-14/h4-5,8,16H,3,6-7,9H2,1-2H3,(H2,15,17). The van der Waals surface area contributed by atoms with Crippen molar-refractivity contribution < 1.29 is 0 Å². The SMILES string of the molecule is Cc1cc(NCC2(C)CCC2)ccc1C(N)=S. The summed E-state index contributed by atoms with van der Waals surface area (Å²) in [5.41, 5.74) is 9.42. The molecule has 1 aliphatic rings. The zero-order chi connectivity index (χ0) is 12.5. The second-order valence-electron chi connectivity index (χ2n) is 5.41. The number of hydrogen-bond donors (Lipinski definition) is 2. The lowest BCUT2D eigenvalue weighted by Gasteiger charge is -2.38. The molecule has 0 unspecified atom stereocenters. The molecule has 0 atom stereocenters. The van der Waals surface area contributed by atoms with Gasteiger partial charge in [0, 0.05) is 17.8 Å². The largest absolute Gasteiger partial charge is 0.389 e. The van der Waals surface area contributed by atoms with Crippen LogP contribution in [-0.2, 0) is 0 Å². The Morgan fingerprint density at radius 2 is 2.18 bits per heavy atom. The average molecular weight is 248 g/mol. The van der Waals surface area contributed by atoms with Gasteiger partial charge in [-0.05, 0) is 48.9 Å². The highest BCUT2D eigenvalue weighted by atomic mass is 32.1. The summed E-state index contributed by atoms with van der Waals surface area (Å²) in [7, 11) is 0. The van der Waals surface area contributed by atoms with Gasteiger partial charge in [-0.3, -0.25) is 0 Å². The van der Waals surface area contributed by atoms with Gasteiger partial charge in [0.25, 0.3) is 0 Å². The van der Waals surface area contributed by atoms with Crippen molar-refractivity contribution in [3.05, 3.63) is 29.3 Å². The minimum Gasteiger partial charge on any atom is -0.389 e. The van der Waals surface area contributed by atoms with E-state index >= 15 is 0 Å². The van der Waals surface area contributed by atoms with Gasteiger partial charge in [-0.2, -0.15) is 0 Å². The molecule has 1 aliphatic carbocycles. The predicted octanol–water partition coefficient (Wildman–Crippen LogP) is 3.23. The molecular formula is C14H20N2S. The number of nitrogens with one attached hydrogen (secondary N) is 1. The Hall–Kier alpha value is -1.09. The van der Waals surface area contributed by atoms with Crippen LogP contribution in [0.4, 0.5) is 5.69 Å². The summed E-state index contributed by atoms with van der Waals surface area (Å²) >= 11 is 5.00. The average Bonchev–Trinajstić information content (AvgIpc) is 2.23. The molecule has 0 radical (unpaired) electrons. The first kappa shape index (κ1) is 12.4. The molecule has 0 saturated heterocycles. The molecule has 1 aromatic rings. The molecule has 17 heavy (non-hydrogen) atoms. The fraction of sp³-hybridized carbons (Fsp3) is 0.500. The van der Waals surface area contributed by atoms with E-state index in [1.807, 2.05) is 13.0 Å². The van der Waals surface area contributed by atoms with Gasteiger partial charge in [-0.25, -0.2) is 0 Å². The Kier molecular flexibility index (Phi) is 3.38. The Bertz CT molecular complexity index is 436. The molecule has 2 rings (SSSR count). The minimum absolute atomic E-state index is 0.472. The second-order valence-corrected chi connectivity index (χ2v) is 5.85. The summed E-state index contributed by atoms with van der Waals surface area (Å²) in [6.45, 7) is 5.45. The highest BCUT2D eigenvalue weighted by molar-refractivity contribution is 7.80. The van der Waals surface area contributed by atoms with E-state index in [2.05, 4.69) is 24.4 Å². The number of anilines is 1. The molecule has 0 bridgehead atoms. The lowest BCUT2D eigenvalue weighted by Crippen LogP contribution is -2.33. The predicted molar refractivity (Wildman–Crippen MR) is 77.5 cm³/mol. The van der Waals surface area contributed by atoms with Crippen molar-refractivity contribution in [1.82, 2.24) is 0 Å². The summed E-state index contributed by atoms with van der Waals surface area (Å²) in [6.07, 6.45) is 4.05. The van der Waals surface area contributed by atoms with Gasteiger partial charge >= 0.3 is 0 Å². The van der Waals surface area contributed by atoms with Crippen LogP contribution in [0.25, 0.3) is 0 Å². The maximum Gasteiger partial charge on any atom is 0.104 e. The number of hydrogen-bond acceptors (Lipinski definition) is 2. The highest BCUT2D eigenvalue weighted by Crippen LogP contribution is 2.40. The topological polar surface area (TPSA) is 38.0 Å². The van der Waals surface area contributed by atoms with Crippen molar-refractivity contribution in [3.63, 3.8) is 0 Å². The third kappa shape index (κ3) is 2.78. The summed E-state index contributed by atoms with van der Waals surface area (Å²) in [4.78, 5) is 0.472. The number of thiocarbonyl (C=S) groups is 1. The Morgan fingerprint density at radius 1 is 1.47 bits per heavy atom. The zero-order valence-corrected chi connectivity index (χ0v) is 11.4. The third-order valence-corrected chi connectivity index (χ3v) is 3.99. The van der Waals surface area contributed by atoms with E-state index in [9.17, 15) is 0 Å². The molecular weight excluding hydrogens is 228 g/mol. The molecule has 3 heteroatoms. The van der Waals surface area contributed by atoms with E-state index in [1.165, 1.54) is 19.3 Å². The van der Waals surface area contributed by atoms with Gasteiger partial charge in [-0.15, -0.1) is 0 Å². The quantitative estimate of drug-likeness (QED) is 0.803. The molecule has 3 N–H and O–H groups in total. The Labute approximate surface area is 109 Å². The first-order chi connectivity index (χ1) is 8.00. The number of aryl methyl sites for hydroxylation is 1. The molecule has 0 spiro atoms. The zero-order valence-electron chi connectivity index (χ0n) is 10.5. The van der Waals surface area contributed by atoms with Crippen molar-refractivity contribution >= 4 is 22.9 Å². The van der Waals surface area contributed by atoms with Gasteiger partial charge in [0.1, 0.15) is 4.99 Å². The smallest absolute Gasteiger partial charge is 0.104 e. The van der Waals surface area contributed by atoms with E-state index in [0.717, 1.165) is 23.4 Å². The molecule has 1 aromatic carbocycles. The van der Waals surface area contributed by atoms with Crippen LogP contribution >= 0.6 is 12.2 Å². The summed E-state index contributed by atoms with van der Waals surface area (Å²) < 4.78 is 0. The van der Waals surface area contributed by atoms with Crippen LogP contribution in [0.2, 0.25) is 0 Å². The highest BCUT2D eigenvalue weighted by Gasteiger charge is 2.31. The van der Waals surface area contributed by atoms with E-state index in [0.29, 0.717) is 10.4 Å². The second kappa shape index (κ2) is 4.65. The molecule has 1 saturated carbocycles. The van der Waals surface area contributed by atoms with Crippen LogP contribution < -0.4 is 11.1 Å². The van der Waals surface area contributed by atoms with Gasteiger partial charge in [-0.1, -0.05) is 25.6 Å². The van der Waals surface area contributed by atoms with Crippen molar-refractivity contribution in [1.29, 1.82) is 0 Å². The van der Waals surface area contributed by atoms with Gasteiger partial charge < -0.3 is 11.1 Å². The van der Waals surface area contributed by atoms with Crippen molar-refractivity contribution in [3.8, 4) is 0 Å². The van der Waals surface area contributed by atoms with Crippen LogP contribution in [-0.4, -0.2) is 11.5 Å².